The molecule has 2 atom stereocenters. The zero-order chi connectivity index (χ0) is 10.6. The van der Waals surface area contributed by atoms with Gasteiger partial charge in [0.25, 0.3) is 0 Å². The second-order valence-corrected chi connectivity index (χ2v) is 4.33. The van der Waals surface area contributed by atoms with E-state index >= 15 is 0 Å². The van der Waals surface area contributed by atoms with Crippen molar-refractivity contribution in [2.45, 2.75) is 24.3 Å². The van der Waals surface area contributed by atoms with Crippen LogP contribution in [0.5, 0.6) is 0 Å². The summed E-state index contributed by atoms with van der Waals surface area (Å²) >= 11 is 1.38. The second kappa shape index (κ2) is 4.95. The Balaban J connectivity index is 2.57. The summed E-state index contributed by atoms with van der Waals surface area (Å²) in [5.41, 5.74) is 0. The Hall–Kier alpha value is -1.10. The molecule has 0 aliphatic rings. The van der Waals surface area contributed by atoms with Crippen molar-refractivity contribution in [3.8, 4) is 0 Å². The molecule has 5 heteroatoms. The smallest absolute Gasteiger partial charge is 0.307 e. The summed E-state index contributed by atoms with van der Waals surface area (Å²) in [6.07, 6.45) is 3.29. The molecule has 0 saturated heterocycles. The van der Waals surface area contributed by atoms with Crippen molar-refractivity contribution in [1.29, 1.82) is 0 Å². The fourth-order valence-corrected chi connectivity index (χ4v) is 1.71. The van der Waals surface area contributed by atoms with Crippen molar-refractivity contribution in [2.75, 3.05) is 0 Å². The molecule has 14 heavy (non-hydrogen) atoms. The molecule has 0 aliphatic heterocycles. The molecular formula is C9H12N2O2S. The van der Waals surface area contributed by atoms with Crippen molar-refractivity contribution >= 4 is 17.7 Å². The molecule has 0 aromatic carbocycles. The number of rotatable bonds is 4. The van der Waals surface area contributed by atoms with E-state index in [1.54, 1.807) is 25.4 Å². The van der Waals surface area contributed by atoms with Crippen molar-refractivity contribution in [3.05, 3.63) is 18.5 Å². The van der Waals surface area contributed by atoms with Crippen LogP contribution in [0.25, 0.3) is 0 Å². The standard InChI is InChI=1S/C9H12N2O2S/c1-6(8(12)13)7(2)14-9-10-4-3-5-11-9/h3-7H,1-2H3,(H,12,13). The summed E-state index contributed by atoms with van der Waals surface area (Å²) in [6.45, 7) is 3.54. The molecule has 1 aromatic heterocycles. The Morgan fingerprint density at radius 2 is 2.00 bits per heavy atom. The van der Waals surface area contributed by atoms with Gasteiger partial charge in [0.05, 0.1) is 5.92 Å². The summed E-state index contributed by atoms with van der Waals surface area (Å²) in [7, 11) is 0. The van der Waals surface area contributed by atoms with E-state index in [-0.39, 0.29) is 5.25 Å². The van der Waals surface area contributed by atoms with E-state index in [2.05, 4.69) is 9.97 Å². The van der Waals surface area contributed by atoms with Crippen LogP contribution < -0.4 is 0 Å². The Kier molecular flexibility index (Phi) is 3.88. The molecule has 0 amide bonds. The first-order valence-electron chi connectivity index (χ1n) is 4.27. The van der Waals surface area contributed by atoms with Gasteiger partial charge >= 0.3 is 5.97 Å². The molecule has 76 valence electrons. The second-order valence-electron chi connectivity index (χ2n) is 2.98. The lowest BCUT2D eigenvalue weighted by atomic mass is 10.1. The maximum absolute atomic E-state index is 10.7. The minimum atomic E-state index is -0.791. The van der Waals surface area contributed by atoms with Crippen LogP contribution in [-0.2, 0) is 4.79 Å². The first-order chi connectivity index (χ1) is 6.61. The molecule has 4 nitrogen and oxygen atoms in total. The number of carboxylic acids is 1. The third kappa shape index (κ3) is 2.99. The molecule has 0 aliphatic carbocycles. The number of carbonyl (C=O) groups is 1. The fraction of sp³-hybridized carbons (Fsp3) is 0.444. The monoisotopic (exact) mass is 212 g/mol. The third-order valence-corrected chi connectivity index (χ3v) is 3.13. The Morgan fingerprint density at radius 3 is 2.50 bits per heavy atom. The molecule has 0 spiro atoms. The van der Waals surface area contributed by atoms with E-state index in [9.17, 15) is 4.79 Å². The molecule has 1 aromatic rings. The summed E-state index contributed by atoms with van der Waals surface area (Å²) in [6, 6.07) is 1.73. The number of aliphatic carboxylic acids is 1. The third-order valence-electron chi connectivity index (χ3n) is 1.93. The van der Waals surface area contributed by atoms with Crippen LogP contribution in [0.1, 0.15) is 13.8 Å². The van der Waals surface area contributed by atoms with Crippen molar-refractivity contribution < 1.29 is 9.90 Å². The first-order valence-corrected chi connectivity index (χ1v) is 5.15. The summed E-state index contributed by atoms with van der Waals surface area (Å²) in [5.74, 6) is -1.19. The Labute approximate surface area is 86.8 Å². The number of hydrogen-bond acceptors (Lipinski definition) is 4. The van der Waals surface area contributed by atoms with E-state index in [1.807, 2.05) is 6.92 Å². The summed E-state index contributed by atoms with van der Waals surface area (Å²) in [5, 5.41) is 9.36. The van der Waals surface area contributed by atoms with Gasteiger partial charge in [-0.3, -0.25) is 4.79 Å². The van der Waals surface area contributed by atoms with Gasteiger partial charge < -0.3 is 5.11 Å². The van der Waals surface area contributed by atoms with Gasteiger partial charge in [-0.1, -0.05) is 25.6 Å². The van der Waals surface area contributed by atoms with E-state index in [0.717, 1.165) is 0 Å². The van der Waals surface area contributed by atoms with Crippen LogP contribution in [0.2, 0.25) is 0 Å². The highest BCUT2D eigenvalue weighted by Gasteiger charge is 2.20. The molecule has 1 rings (SSSR count). The van der Waals surface area contributed by atoms with Gasteiger partial charge in [-0.15, -0.1) is 0 Å². The predicted molar refractivity (Wildman–Crippen MR) is 54.2 cm³/mol. The number of thioether (sulfide) groups is 1. The normalized spacial score (nSPS) is 14.7. The quantitative estimate of drug-likeness (QED) is 0.607. The largest absolute Gasteiger partial charge is 0.481 e. The van der Waals surface area contributed by atoms with Crippen molar-refractivity contribution in [3.63, 3.8) is 0 Å². The zero-order valence-corrected chi connectivity index (χ0v) is 8.86. The SMILES string of the molecule is CC(Sc1ncccn1)C(C)C(=O)O. The topological polar surface area (TPSA) is 63.1 Å². The predicted octanol–water partition coefficient (Wildman–Crippen LogP) is 1.68. The summed E-state index contributed by atoms with van der Waals surface area (Å²) in [4.78, 5) is 18.7. The Morgan fingerprint density at radius 1 is 1.43 bits per heavy atom. The minimum absolute atomic E-state index is 0.0325. The van der Waals surface area contributed by atoms with E-state index in [1.165, 1.54) is 11.8 Å². The lowest BCUT2D eigenvalue weighted by Gasteiger charge is -2.13. The molecule has 0 bridgehead atoms. The first kappa shape index (κ1) is 11.0. The van der Waals surface area contributed by atoms with Crippen LogP contribution in [0.4, 0.5) is 0 Å². The molecule has 0 fully saturated rings. The van der Waals surface area contributed by atoms with E-state index < -0.39 is 11.9 Å². The molecule has 1 N–H and O–H groups in total. The van der Waals surface area contributed by atoms with Gasteiger partial charge in [-0.25, -0.2) is 9.97 Å². The van der Waals surface area contributed by atoms with Gasteiger partial charge in [0.1, 0.15) is 0 Å². The van der Waals surface area contributed by atoms with Crippen LogP contribution in [0.15, 0.2) is 23.6 Å². The maximum atomic E-state index is 10.7. The van der Waals surface area contributed by atoms with Gasteiger partial charge in [0.15, 0.2) is 5.16 Å². The van der Waals surface area contributed by atoms with Crippen molar-refractivity contribution in [2.24, 2.45) is 5.92 Å². The summed E-state index contributed by atoms with van der Waals surface area (Å²) < 4.78 is 0. The van der Waals surface area contributed by atoms with E-state index in [0.29, 0.717) is 5.16 Å². The average Bonchev–Trinajstić information content (AvgIpc) is 2.18. The number of nitrogens with zero attached hydrogens (tertiary/aromatic N) is 2. The maximum Gasteiger partial charge on any atom is 0.307 e. The van der Waals surface area contributed by atoms with Crippen LogP contribution >= 0.6 is 11.8 Å². The van der Waals surface area contributed by atoms with Crippen LogP contribution in [0, 0.1) is 5.92 Å². The zero-order valence-electron chi connectivity index (χ0n) is 8.04. The van der Waals surface area contributed by atoms with Gasteiger partial charge in [-0.2, -0.15) is 0 Å². The van der Waals surface area contributed by atoms with Crippen molar-refractivity contribution in [1.82, 2.24) is 9.97 Å². The van der Waals surface area contributed by atoms with E-state index in [4.69, 9.17) is 5.11 Å². The fourth-order valence-electron chi connectivity index (χ4n) is 0.815. The molecule has 2 unspecified atom stereocenters. The minimum Gasteiger partial charge on any atom is -0.481 e. The average molecular weight is 212 g/mol. The number of aromatic nitrogens is 2. The highest BCUT2D eigenvalue weighted by atomic mass is 32.2. The van der Waals surface area contributed by atoms with Crippen LogP contribution in [-0.4, -0.2) is 26.3 Å². The molecule has 0 radical (unpaired) electrons. The van der Waals surface area contributed by atoms with Gasteiger partial charge in [-0.05, 0) is 6.07 Å². The molecular weight excluding hydrogens is 200 g/mol. The van der Waals surface area contributed by atoms with Gasteiger partial charge in [0, 0.05) is 17.6 Å². The lowest BCUT2D eigenvalue weighted by molar-refractivity contribution is -0.140. The van der Waals surface area contributed by atoms with Gasteiger partial charge in [0.2, 0.25) is 0 Å². The van der Waals surface area contributed by atoms with Crippen LogP contribution in [0.3, 0.4) is 0 Å². The number of hydrogen-bond donors (Lipinski definition) is 1. The highest BCUT2D eigenvalue weighted by Crippen LogP contribution is 2.24. The molecule has 1 heterocycles. The molecule has 0 saturated carbocycles. The highest BCUT2D eigenvalue weighted by molar-refractivity contribution is 7.99. The lowest BCUT2D eigenvalue weighted by Crippen LogP contribution is -2.20. The Bertz CT molecular complexity index is 305. The number of carboxylic acid groups (broad SMARTS) is 1.